The maximum atomic E-state index is 5.39. The molecule has 1 N–H and O–H groups in total. The van der Waals surface area contributed by atoms with E-state index in [0.717, 1.165) is 38.4 Å². The molecular weight excluding hydrogens is 228 g/mol. The van der Waals surface area contributed by atoms with Crippen molar-refractivity contribution in [3.05, 3.63) is 18.0 Å². The van der Waals surface area contributed by atoms with Gasteiger partial charge in [0.1, 0.15) is 0 Å². The Kier molecular flexibility index (Phi) is 4.90. The standard InChI is InChI=1S/C13H22N4O/c1-3-14-13-15-6-12(7-16-13)9-17(2)8-11-4-5-18-10-11/h6-7,11H,3-5,8-10H2,1-2H3,(H,14,15,16)/t11-/m1/s1. The Morgan fingerprint density at radius 2 is 2.22 bits per heavy atom. The first-order valence-electron chi connectivity index (χ1n) is 6.59. The van der Waals surface area contributed by atoms with Crippen LogP contribution in [0.5, 0.6) is 0 Å². The van der Waals surface area contributed by atoms with Gasteiger partial charge in [0.25, 0.3) is 0 Å². The fourth-order valence-electron chi connectivity index (χ4n) is 2.23. The molecule has 5 heteroatoms. The molecule has 1 aliphatic rings. The third-order valence-corrected chi connectivity index (χ3v) is 3.09. The molecule has 1 aromatic rings. The van der Waals surface area contributed by atoms with Gasteiger partial charge in [0.05, 0.1) is 6.61 Å². The number of anilines is 1. The highest BCUT2D eigenvalue weighted by atomic mass is 16.5. The lowest BCUT2D eigenvalue weighted by Gasteiger charge is -2.19. The molecule has 1 atom stereocenters. The molecule has 1 aromatic heterocycles. The number of nitrogens with zero attached hydrogens (tertiary/aromatic N) is 3. The summed E-state index contributed by atoms with van der Waals surface area (Å²) in [6.45, 7) is 6.67. The zero-order valence-electron chi connectivity index (χ0n) is 11.2. The first kappa shape index (κ1) is 13.2. The number of nitrogens with one attached hydrogen (secondary N) is 1. The van der Waals surface area contributed by atoms with Crippen LogP contribution in [0, 0.1) is 5.92 Å². The molecule has 0 aromatic carbocycles. The summed E-state index contributed by atoms with van der Waals surface area (Å²) in [5, 5.41) is 3.09. The molecule has 1 fully saturated rings. The zero-order chi connectivity index (χ0) is 12.8. The minimum Gasteiger partial charge on any atom is -0.381 e. The van der Waals surface area contributed by atoms with Crippen LogP contribution in [0.15, 0.2) is 12.4 Å². The second kappa shape index (κ2) is 6.66. The normalized spacial score (nSPS) is 19.4. The van der Waals surface area contributed by atoms with Crippen LogP contribution in [0.4, 0.5) is 5.95 Å². The third-order valence-electron chi connectivity index (χ3n) is 3.09. The Hall–Kier alpha value is -1.20. The van der Waals surface area contributed by atoms with Crippen molar-refractivity contribution in [1.29, 1.82) is 0 Å². The van der Waals surface area contributed by atoms with Gasteiger partial charge in [0.15, 0.2) is 0 Å². The minimum atomic E-state index is 0.678. The van der Waals surface area contributed by atoms with Crippen LogP contribution in [0.2, 0.25) is 0 Å². The minimum absolute atomic E-state index is 0.678. The Bertz CT molecular complexity index is 349. The largest absolute Gasteiger partial charge is 0.381 e. The summed E-state index contributed by atoms with van der Waals surface area (Å²) < 4.78 is 5.39. The molecule has 1 aliphatic heterocycles. The van der Waals surface area contributed by atoms with E-state index >= 15 is 0 Å². The van der Waals surface area contributed by atoms with Gasteiger partial charge in [-0.25, -0.2) is 9.97 Å². The van der Waals surface area contributed by atoms with Crippen molar-refractivity contribution in [2.45, 2.75) is 19.9 Å². The SMILES string of the molecule is CCNc1ncc(CN(C)C[C@H]2CCOC2)cn1. The summed E-state index contributed by atoms with van der Waals surface area (Å²) >= 11 is 0. The molecule has 0 aliphatic carbocycles. The summed E-state index contributed by atoms with van der Waals surface area (Å²) in [5.74, 6) is 1.38. The van der Waals surface area contributed by atoms with Gasteiger partial charge < -0.3 is 15.0 Å². The van der Waals surface area contributed by atoms with Crippen molar-refractivity contribution in [3.63, 3.8) is 0 Å². The molecule has 0 bridgehead atoms. The smallest absolute Gasteiger partial charge is 0.222 e. The van der Waals surface area contributed by atoms with Crippen LogP contribution in [-0.4, -0.2) is 48.2 Å². The van der Waals surface area contributed by atoms with Gasteiger partial charge in [0.2, 0.25) is 5.95 Å². The molecule has 18 heavy (non-hydrogen) atoms. The van der Waals surface area contributed by atoms with Gasteiger partial charge >= 0.3 is 0 Å². The van der Waals surface area contributed by atoms with E-state index in [0.29, 0.717) is 11.9 Å². The molecule has 0 spiro atoms. The van der Waals surface area contributed by atoms with Crippen LogP contribution in [0.1, 0.15) is 18.9 Å². The van der Waals surface area contributed by atoms with E-state index in [2.05, 4.69) is 27.2 Å². The van der Waals surface area contributed by atoms with E-state index in [9.17, 15) is 0 Å². The molecule has 2 rings (SSSR count). The van der Waals surface area contributed by atoms with Gasteiger partial charge in [-0.15, -0.1) is 0 Å². The van der Waals surface area contributed by atoms with Crippen molar-refractivity contribution in [2.75, 3.05) is 38.7 Å². The maximum Gasteiger partial charge on any atom is 0.222 e. The molecule has 0 unspecified atom stereocenters. The lowest BCUT2D eigenvalue weighted by molar-refractivity contribution is 0.173. The highest BCUT2D eigenvalue weighted by molar-refractivity contribution is 5.24. The van der Waals surface area contributed by atoms with Crippen LogP contribution < -0.4 is 5.32 Å². The second-order valence-electron chi connectivity index (χ2n) is 4.87. The number of aromatic nitrogens is 2. The van der Waals surface area contributed by atoms with Crippen molar-refractivity contribution >= 4 is 5.95 Å². The van der Waals surface area contributed by atoms with Crippen LogP contribution in [0.25, 0.3) is 0 Å². The van der Waals surface area contributed by atoms with Gasteiger partial charge in [-0.3, -0.25) is 0 Å². The number of rotatable bonds is 6. The van der Waals surface area contributed by atoms with Crippen molar-refractivity contribution in [3.8, 4) is 0 Å². The molecule has 0 radical (unpaired) electrons. The highest BCUT2D eigenvalue weighted by Crippen LogP contribution is 2.14. The summed E-state index contributed by atoms with van der Waals surface area (Å²) in [6.07, 6.45) is 4.97. The van der Waals surface area contributed by atoms with Crippen LogP contribution in [0.3, 0.4) is 0 Å². The quantitative estimate of drug-likeness (QED) is 0.826. The van der Waals surface area contributed by atoms with Gasteiger partial charge in [-0.1, -0.05) is 0 Å². The number of hydrogen-bond acceptors (Lipinski definition) is 5. The third kappa shape index (κ3) is 3.92. The van der Waals surface area contributed by atoms with E-state index in [1.807, 2.05) is 19.3 Å². The molecule has 5 nitrogen and oxygen atoms in total. The van der Waals surface area contributed by atoms with Crippen molar-refractivity contribution < 1.29 is 4.74 Å². The predicted molar refractivity (Wildman–Crippen MR) is 71.5 cm³/mol. The fraction of sp³-hybridized carbons (Fsp3) is 0.692. The average molecular weight is 250 g/mol. The molecule has 2 heterocycles. The Morgan fingerprint density at radius 3 is 2.83 bits per heavy atom. The van der Waals surface area contributed by atoms with Gasteiger partial charge in [0, 0.05) is 44.2 Å². The molecule has 1 saturated heterocycles. The Morgan fingerprint density at radius 1 is 1.44 bits per heavy atom. The van der Waals surface area contributed by atoms with Crippen molar-refractivity contribution in [1.82, 2.24) is 14.9 Å². The summed E-state index contributed by atoms with van der Waals surface area (Å²) in [6, 6.07) is 0. The van der Waals surface area contributed by atoms with Gasteiger partial charge in [-0.05, 0) is 26.3 Å². The first-order valence-corrected chi connectivity index (χ1v) is 6.59. The molecule has 0 amide bonds. The highest BCUT2D eigenvalue weighted by Gasteiger charge is 2.17. The number of ether oxygens (including phenoxy) is 1. The summed E-state index contributed by atoms with van der Waals surface area (Å²) in [7, 11) is 2.14. The monoisotopic (exact) mass is 250 g/mol. The van der Waals surface area contributed by atoms with E-state index in [4.69, 9.17) is 4.74 Å². The predicted octanol–water partition coefficient (Wildman–Crippen LogP) is 1.38. The molecule has 0 saturated carbocycles. The van der Waals surface area contributed by atoms with E-state index in [1.54, 1.807) is 0 Å². The van der Waals surface area contributed by atoms with Crippen molar-refractivity contribution in [2.24, 2.45) is 5.92 Å². The maximum absolute atomic E-state index is 5.39. The van der Waals surface area contributed by atoms with Crippen LogP contribution in [-0.2, 0) is 11.3 Å². The van der Waals surface area contributed by atoms with Gasteiger partial charge in [-0.2, -0.15) is 0 Å². The Labute approximate surface area is 109 Å². The van der Waals surface area contributed by atoms with E-state index in [1.165, 1.54) is 6.42 Å². The lowest BCUT2D eigenvalue weighted by Crippen LogP contribution is -2.25. The number of hydrogen-bond donors (Lipinski definition) is 1. The topological polar surface area (TPSA) is 50.3 Å². The summed E-state index contributed by atoms with van der Waals surface area (Å²) in [4.78, 5) is 10.9. The molecule has 100 valence electrons. The first-order chi connectivity index (χ1) is 8.78. The average Bonchev–Trinajstić information content (AvgIpc) is 2.84. The fourth-order valence-corrected chi connectivity index (χ4v) is 2.23. The van der Waals surface area contributed by atoms with E-state index in [-0.39, 0.29) is 0 Å². The lowest BCUT2D eigenvalue weighted by atomic mass is 10.1. The second-order valence-corrected chi connectivity index (χ2v) is 4.87. The van der Waals surface area contributed by atoms with E-state index < -0.39 is 0 Å². The zero-order valence-corrected chi connectivity index (χ0v) is 11.2. The molecular formula is C13H22N4O. The van der Waals surface area contributed by atoms with Crippen LogP contribution >= 0.6 is 0 Å². The summed E-state index contributed by atoms with van der Waals surface area (Å²) in [5.41, 5.74) is 1.15. The Balaban J connectivity index is 1.80.